The maximum absolute atomic E-state index is 12.4. The molecule has 0 bridgehead atoms. The molecule has 3 rings (SSSR count). The Kier molecular flexibility index (Phi) is 8.67. The second kappa shape index (κ2) is 12.1. The number of aromatic nitrogens is 1. The molecule has 0 saturated carbocycles. The second-order valence-electron chi connectivity index (χ2n) is 7.64. The average molecular weight is 491 g/mol. The first-order chi connectivity index (χ1) is 17.3. The van der Waals surface area contributed by atoms with Crippen molar-refractivity contribution < 1.29 is 28.3 Å². The van der Waals surface area contributed by atoms with E-state index >= 15 is 0 Å². The predicted molar refractivity (Wildman–Crippen MR) is 130 cm³/mol. The number of rotatable bonds is 9. The van der Waals surface area contributed by atoms with Gasteiger partial charge in [0.25, 0.3) is 5.91 Å². The number of amides is 3. The van der Waals surface area contributed by atoms with Crippen molar-refractivity contribution in [2.75, 3.05) is 13.2 Å². The number of furan rings is 1. The molecule has 1 aromatic carbocycles. The van der Waals surface area contributed by atoms with E-state index in [9.17, 15) is 19.6 Å². The van der Waals surface area contributed by atoms with Crippen LogP contribution in [0.4, 0.5) is 4.79 Å². The number of esters is 1. The standard InChI is InChI=1S/C26H26N4O6/c1-4-34-22-9-7-21(8-10-22)30-17(2)12-19(18(30)3)13-20(14-27)25(32)36-16-24(31)29-26(33)28-15-23-6-5-11-35-23/h5-13H,4,15-16H2,1-3H3,(H2,28,29,31,33)/b20-13+. The summed E-state index contributed by atoms with van der Waals surface area (Å²) in [6.07, 6.45) is 2.86. The lowest BCUT2D eigenvalue weighted by Gasteiger charge is -2.11. The van der Waals surface area contributed by atoms with Crippen molar-refractivity contribution in [3.63, 3.8) is 0 Å². The first-order valence-corrected chi connectivity index (χ1v) is 11.1. The Balaban J connectivity index is 1.61. The molecule has 0 aliphatic carbocycles. The summed E-state index contributed by atoms with van der Waals surface area (Å²) in [5, 5.41) is 13.9. The van der Waals surface area contributed by atoms with Crippen LogP contribution in [0.15, 0.2) is 58.7 Å². The van der Waals surface area contributed by atoms with Crippen LogP contribution in [0.1, 0.15) is 29.6 Å². The van der Waals surface area contributed by atoms with Gasteiger partial charge in [-0.25, -0.2) is 9.59 Å². The number of carbonyl (C=O) groups is 3. The summed E-state index contributed by atoms with van der Waals surface area (Å²) < 4.78 is 17.5. The fourth-order valence-electron chi connectivity index (χ4n) is 3.48. The van der Waals surface area contributed by atoms with Crippen LogP contribution in [-0.4, -0.2) is 35.7 Å². The number of hydrogen-bond acceptors (Lipinski definition) is 7. The van der Waals surface area contributed by atoms with E-state index in [1.165, 1.54) is 12.3 Å². The Hall–Kier alpha value is -4.78. The maximum Gasteiger partial charge on any atom is 0.349 e. The molecular weight excluding hydrogens is 464 g/mol. The van der Waals surface area contributed by atoms with Gasteiger partial charge < -0.3 is 23.8 Å². The van der Waals surface area contributed by atoms with E-state index in [2.05, 4.69) is 5.32 Å². The van der Waals surface area contributed by atoms with Crippen molar-refractivity contribution in [2.24, 2.45) is 0 Å². The van der Waals surface area contributed by atoms with Gasteiger partial charge in [0.05, 0.1) is 19.4 Å². The molecule has 0 aliphatic heterocycles. The molecule has 10 heteroatoms. The predicted octanol–water partition coefficient (Wildman–Crippen LogP) is 3.56. The van der Waals surface area contributed by atoms with Crippen molar-refractivity contribution in [1.29, 1.82) is 5.26 Å². The molecule has 2 heterocycles. The third-order valence-electron chi connectivity index (χ3n) is 5.11. The summed E-state index contributed by atoms with van der Waals surface area (Å²) in [6.45, 7) is 5.62. The summed E-state index contributed by atoms with van der Waals surface area (Å²) in [7, 11) is 0. The molecule has 0 saturated heterocycles. The molecule has 0 fully saturated rings. The Morgan fingerprint density at radius 1 is 1.17 bits per heavy atom. The SMILES string of the molecule is CCOc1ccc(-n2c(C)cc(/C=C(\C#N)C(=O)OCC(=O)NC(=O)NCc3ccco3)c2C)cc1. The largest absolute Gasteiger partial charge is 0.494 e. The van der Waals surface area contributed by atoms with Gasteiger partial charge >= 0.3 is 12.0 Å². The monoisotopic (exact) mass is 490 g/mol. The molecule has 3 amide bonds. The molecule has 0 atom stereocenters. The summed E-state index contributed by atoms with van der Waals surface area (Å²) in [5.41, 5.74) is 2.97. The number of nitrogens with zero attached hydrogens (tertiary/aromatic N) is 2. The highest BCUT2D eigenvalue weighted by atomic mass is 16.5. The van der Waals surface area contributed by atoms with Gasteiger partial charge in [-0.15, -0.1) is 0 Å². The molecule has 0 aliphatic rings. The summed E-state index contributed by atoms with van der Waals surface area (Å²) in [6, 6.07) is 13.8. The summed E-state index contributed by atoms with van der Waals surface area (Å²) >= 11 is 0. The van der Waals surface area contributed by atoms with Crippen LogP contribution in [0, 0.1) is 25.2 Å². The molecule has 186 valence electrons. The Morgan fingerprint density at radius 3 is 2.56 bits per heavy atom. The zero-order valence-electron chi connectivity index (χ0n) is 20.2. The number of nitrogens with one attached hydrogen (secondary N) is 2. The van der Waals surface area contributed by atoms with Crippen molar-refractivity contribution >= 4 is 24.0 Å². The number of carbonyl (C=O) groups excluding carboxylic acids is 3. The lowest BCUT2D eigenvalue weighted by Crippen LogP contribution is -2.41. The van der Waals surface area contributed by atoms with Gasteiger partial charge in [-0.3, -0.25) is 10.1 Å². The zero-order valence-corrected chi connectivity index (χ0v) is 20.2. The van der Waals surface area contributed by atoms with E-state index in [1.54, 1.807) is 12.1 Å². The first kappa shape index (κ1) is 25.8. The van der Waals surface area contributed by atoms with Gasteiger partial charge in [-0.05, 0) is 74.9 Å². The van der Waals surface area contributed by atoms with Crippen molar-refractivity contribution in [1.82, 2.24) is 15.2 Å². The summed E-state index contributed by atoms with van der Waals surface area (Å²) in [4.78, 5) is 36.1. The van der Waals surface area contributed by atoms with Gasteiger partial charge in [-0.1, -0.05) is 0 Å². The van der Waals surface area contributed by atoms with Gasteiger partial charge in [-0.2, -0.15) is 5.26 Å². The highest BCUT2D eigenvalue weighted by Gasteiger charge is 2.17. The van der Waals surface area contributed by atoms with Gasteiger partial charge in [0.2, 0.25) is 0 Å². The molecule has 0 spiro atoms. The van der Waals surface area contributed by atoms with E-state index in [4.69, 9.17) is 13.9 Å². The Bertz CT molecular complexity index is 1300. The van der Waals surface area contributed by atoms with E-state index < -0.39 is 24.5 Å². The van der Waals surface area contributed by atoms with Gasteiger partial charge in [0, 0.05) is 17.1 Å². The van der Waals surface area contributed by atoms with Crippen LogP contribution in [0.3, 0.4) is 0 Å². The summed E-state index contributed by atoms with van der Waals surface area (Å²) in [5.74, 6) is -0.548. The molecule has 3 aromatic rings. The van der Waals surface area contributed by atoms with Crippen molar-refractivity contribution in [3.05, 3.63) is 77.0 Å². The quantitative estimate of drug-likeness (QED) is 0.266. The third kappa shape index (κ3) is 6.64. The van der Waals surface area contributed by atoms with Crippen molar-refractivity contribution in [2.45, 2.75) is 27.3 Å². The van der Waals surface area contributed by atoms with E-state index in [1.807, 2.05) is 67.1 Å². The van der Waals surface area contributed by atoms with Crippen LogP contribution in [0.2, 0.25) is 0 Å². The number of ether oxygens (including phenoxy) is 2. The number of hydrogen-bond donors (Lipinski definition) is 2. The molecule has 36 heavy (non-hydrogen) atoms. The number of imide groups is 1. The minimum atomic E-state index is -0.977. The number of aryl methyl sites for hydroxylation is 1. The number of nitriles is 1. The van der Waals surface area contributed by atoms with Crippen LogP contribution in [0.5, 0.6) is 5.75 Å². The lowest BCUT2D eigenvalue weighted by molar-refractivity contribution is -0.144. The van der Waals surface area contributed by atoms with E-state index in [0.717, 1.165) is 22.8 Å². The minimum Gasteiger partial charge on any atom is -0.494 e. The maximum atomic E-state index is 12.4. The molecule has 2 N–H and O–H groups in total. The van der Waals surface area contributed by atoms with Gasteiger partial charge in [0.1, 0.15) is 23.2 Å². The lowest BCUT2D eigenvalue weighted by atomic mass is 10.1. The van der Waals surface area contributed by atoms with E-state index in [0.29, 0.717) is 17.9 Å². The molecule has 2 aromatic heterocycles. The van der Waals surface area contributed by atoms with Crippen LogP contribution in [-0.2, 0) is 20.9 Å². The molecule has 0 unspecified atom stereocenters. The number of benzene rings is 1. The normalized spacial score (nSPS) is 10.9. The van der Waals surface area contributed by atoms with Crippen LogP contribution < -0.4 is 15.4 Å². The smallest absolute Gasteiger partial charge is 0.349 e. The van der Waals surface area contributed by atoms with E-state index in [-0.39, 0.29) is 12.1 Å². The Morgan fingerprint density at radius 2 is 1.92 bits per heavy atom. The zero-order chi connectivity index (χ0) is 26.1. The highest BCUT2D eigenvalue weighted by molar-refractivity contribution is 6.00. The molecule has 0 radical (unpaired) electrons. The fraction of sp³-hybridized carbons (Fsp3) is 0.231. The van der Waals surface area contributed by atoms with Crippen molar-refractivity contribution in [3.8, 4) is 17.5 Å². The second-order valence-corrected chi connectivity index (χ2v) is 7.64. The highest BCUT2D eigenvalue weighted by Crippen LogP contribution is 2.24. The minimum absolute atomic E-state index is 0.0856. The van der Waals surface area contributed by atoms with Crippen LogP contribution in [0.25, 0.3) is 11.8 Å². The molecule has 10 nitrogen and oxygen atoms in total. The fourth-order valence-corrected chi connectivity index (χ4v) is 3.48. The third-order valence-corrected chi connectivity index (χ3v) is 5.11. The van der Waals surface area contributed by atoms with Crippen LogP contribution >= 0.6 is 0 Å². The topological polar surface area (TPSA) is 136 Å². The first-order valence-electron chi connectivity index (χ1n) is 11.1. The Labute approximate surface area is 208 Å². The van der Waals surface area contributed by atoms with Gasteiger partial charge in [0.15, 0.2) is 6.61 Å². The molecular formula is C26H26N4O6. The number of urea groups is 1. The average Bonchev–Trinajstić information content (AvgIpc) is 3.48.